The maximum absolute atomic E-state index is 10.5. The van der Waals surface area contributed by atoms with Gasteiger partial charge < -0.3 is 14.9 Å². The zero-order chi connectivity index (χ0) is 17.1. The highest BCUT2D eigenvalue weighted by Crippen LogP contribution is 2.65. The van der Waals surface area contributed by atoms with Gasteiger partial charge >= 0.3 is 0 Å². The van der Waals surface area contributed by atoms with Gasteiger partial charge in [0.05, 0.1) is 17.3 Å². The van der Waals surface area contributed by atoms with E-state index in [0.29, 0.717) is 11.8 Å². The number of hydrogen-bond donors (Lipinski definition) is 2. The molecule has 2 saturated carbocycles. The zero-order valence-corrected chi connectivity index (χ0v) is 15.3. The maximum atomic E-state index is 10.5. The van der Waals surface area contributed by atoms with Crippen LogP contribution in [-0.4, -0.2) is 34.1 Å². The standard InChI is InChI=1S/C20H34O3/c1-6-18(3)9-7-16-19(4)12-14(22)11-17(2,13-21)15(19)8-10-20(16,5)23-18/h6,14-16,21-22H,1,7-13H2,2-5H3/t14-,15-,16+,17-,18-,19-,20+/m0/s1. The first-order valence-electron chi connectivity index (χ1n) is 9.24. The Morgan fingerprint density at radius 1 is 1.09 bits per heavy atom. The molecule has 0 aromatic rings. The summed E-state index contributed by atoms with van der Waals surface area (Å²) in [5.41, 5.74) is -0.528. The summed E-state index contributed by atoms with van der Waals surface area (Å²) in [5, 5.41) is 20.6. The number of aliphatic hydroxyl groups excluding tert-OH is 2. The van der Waals surface area contributed by atoms with E-state index in [4.69, 9.17) is 4.74 Å². The predicted octanol–water partition coefficient (Wildman–Crippen LogP) is 3.69. The Hall–Kier alpha value is -0.380. The Morgan fingerprint density at radius 3 is 2.35 bits per heavy atom. The fraction of sp³-hybridized carbons (Fsp3) is 0.900. The molecular formula is C20H34O3. The average Bonchev–Trinajstić information content (AvgIpc) is 2.45. The van der Waals surface area contributed by atoms with E-state index in [9.17, 15) is 10.2 Å². The topological polar surface area (TPSA) is 49.7 Å². The SMILES string of the molecule is C=C[C@@]1(C)CC[C@@H]2[C@@]3(C)C[C@@H](O)C[C@@](C)(CO)[C@@H]3CC[C@@]2(C)O1. The van der Waals surface area contributed by atoms with Crippen molar-refractivity contribution >= 4 is 0 Å². The van der Waals surface area contributed by atoms with Gasteiger partial charge in [-0.05, 0) is 75.0 Å². The van der Waals surface area contributed by atoms with Crippen LogP contribution in [0.1, 0.15) is 66.2 Å². The van der Waals surface area contributed by atoms with E-state index in [1.807, 2.05) is 6.08 Å². The fourth-order valence-corrected chi connectivity index (χ4v) is 6.65. The number of fused-ring (bicyclic) bond motifs is 3. The second-order valence-electron chi connectivity index (χ2n) is 9.49. The lowest BCUT2D eigenvalue weighted by Gasteiger charge is -2.66. The van der Waals surface area contributed by atoms with E-state index in [0.717, 1.165) is 38.5 Å². The molecule has 0 aromatic carbocycles. The van der Waals surface area contributed by atoms with E-state index in [-0.39, 0.29) is 34.7 Å². The van der Waals surface area contributed by atoms with Crippen molar-refractivity contribution in [1.29, 1.82) is 0 Å². The molecule has 2 N–H and O–H groups in total. The number of rotatable bonds is 2. The molecule has 3 aliphatic rings. The van der Waals surface area contributed by atoms with Gasteiger partial charge in [-0.25, -0.2) is 0 Å². The summed E-state index contributed by atoms with van der Waals surface area (Å²) >= 11 is 0. The van der Waals surface area contributed by atoms with Crippen LogP contribution in [0.15, 0.2) is 12.7 Å². The third kappa shape index (κ3) is 2.51. The summed E-state index contributed by atoms with van der Waals surface area (Å²) in [4.78, 5) is 0. The average molecular weight is 322 g/mol. The molecule has 3 fully saturated rings. The highest BCUT2D eigenvalue weighted by Gasteiger charge is 2.63. The molecular weight excluding hydrogens is 288 g/mol. The van der Waals surface area contributed by atoms with Crippen molar-refractivity contribution < 1.29 is 14.9 Å². The van der Waals surface area contributed by atoms with E-state index in [2.05, 4.69) is 34.3 Å². The highest BCUT2D eigenvalue weighted by molar-refractivity contribution is 5.14. The van der Waals surface area contributed by atoms with Gasteiger partial charge in [0.15, 0.2) is 0 Å². The highest BCUT2D eigenvalue weighted by atomic mass is 16.5. The summed E-state index contributed by atoms with van der Waals surface area (Å²) in [5.74, 6) is 0.890. The normalized spacial score (nSPS) is 56.5. The van der Waals surface area contributed by atoms with Gasteiger partial charge in [-0.3, -0.25) is 0 Å². The Kier molecular flexibility index (Phi) is 4.02. The van der Waals surface area contributed by atoms with Gasteiger partial charge in [0, 0.05) is 6.61 Å². The van der Waals surface area contributed by atoms with Crippen LogP contribution in [0.3, 0.4) is 0 Å². The van der Waals surface area contributed by atoms with Crippen molar-refractivity contribution in [2.45, 2.75) is 83.5 Å². The quantitative estimate of drug-likeness (QED) is 0.762. The van der Waals surface area contributed by atoms with Crippen LogP contribution < -0.4 is 0 Å². The van der Waals surface area contributed by atoms with Crippen molar-refractivity contribution in [2.24, 2.45) is 22.7 Å². The number of ether oxygens (including phenoxy) is 1. The molecule has 0 aromatic heterocycles. The first-order valence-corrected chi connectivity index (χ1v) is 9.24. The van der Waals surface area contributed by atoms with Gasteiger partial charge in [0.2, 0.25) is 0 Å². The maximum Gasteiger partial charge on any atom is 0.0839 e. The van der Waals surface area contributed by atoms with Crippen LogP contribution in [0, 0.1) is 22.7 Å². The summed E-state index contributed by atoms with van der Waals surface area (Å²) in [6.45, 7) is 13.1. The van der Waals surface area contributed by atoms with Crippen molar-refractivity contribution in [2.75, 3.05) is 6.61 Å². The molecule has 1 saturated heterocycles. The van der Waals surface area contributed by atoms with Crippen LogP contribution >= 0.6 is 0 Å². The molecule has 2 aliphatic carbocycles. The van der Waals surface area contributed by atoms with E-state index in [1.165, 1.54) is 0 Å². The van der Waals surface area contributed by atoms with Gasteiger partial charge in [0.1, 0.15) is 0 Å². The summed E-state index contributed by atoms with van der Waals surface area (Å²) < 4.78 is 6.60. The molecule has 3 heteroatoms. The van der Waals surface area contributed by atoms with Gasteiger partial charge in [-0.2, -0.15) is 0 Å². The molecule has 0 bridgehead atoms. The predicted molar refractivity (Wildman–Crippen MR) is 92.1 cm³/mol. The van der Waals surface area contributed by atoms with Crippen LogP contribution in [0.4, 0.5) is 0 Å². The summed E-state index contributed by atoms with van der Waals surface area (Å²) in [6, 6.07) is 0. The minimum atomic E-state index is -0.316. The molecule has 0 radical (unpaired) electrons. The first kappa shape index (κ1) is 17.4. The van der Waals surface area contributed by atoms with E-state index in [1.54, 1.807) is 0 Å². The molecule has 0 unspecified atom stereocenters. The zero-order valence-electron chi connectivity index (χ0n) is 15.3. The Morgan fingerprint density at radius 2 is 1.74 bits per heavy atom. The Bertz CT molecular complexity index is 491. The van der Waals surface area contributed by atoms with Gasteiger partial charge in [-0.1, -0.05) is 19.9 Å². The van der Waals surface area contributed by atoms with Crippen LogP contribution in [0.5, 0.6) is 0 Å². The number of aliphatic hydroxyl groups is 2. The van der Waals surface area contributed by atoms with E-state index >= 15 is 0 Å². The smallest absolute Gasteiger partial charge is 0.0839 e. The minimum Gasteiger partial charge on any atom is -0.396 e. The van der Waals surface area contributed by atoms with Gasteiger partial charge in [0.25, 0.3) is 0 Å². The molecule has 23 heavy (non-hydrogen) atoms. The van der Waals surface area contributed by atoms with E-state index < -0.39 is 0 Å². The lowest BCUT2D eigenvalue weighted by molar-refractivity contribution is -0.264. The lowest BCUT2D eigenvalue weighted by Crippen LogP contribution is -2.64. The molecule has 1 aliphatic heterocycles. The van der Waals surface area contributed by atoms with Crippen molar-refractivity contribution in [3.05, 3.63) is 12.7 Å². The first-order chi connectivity index (χ1) is 10.6. The summed E-state index contributed by atoms with van der Waals surface area (Å²) in [7, 11) is 0. The monoisotopic (exact) mass is 322 g/mol. The van der Waals surface area contributed by atoms with Gasteiger partial charge in [-0.15, -0.1) is 6.58 Å². The van der Waals surface area contributed by atoms with Crippen molar-refractivity contribution in [1.82, 2.24) is 0 Å². The number of hydrogen-bond acceptors (Lipinski definition) is 3. The third-order valence-electron chi connectivity index (χ3n) is 7.67. The molecule has 3 nitrogen and oxygen atoms in total. The van der Waals surface area contributed by atoms with Crippen molar-refractivity contribution in [3.8, 4) is 0 Å². The lowest BCUT2D eigenvalue weighted by atomic mass is 9.43. The minimum absolute atomic E-state index is 0.0324. The second kappa shape index (κ2) is 5.31. The van der Waals surface area contributed by atoms with Crippen molar-refractivity contribution in [3.63, 3.8) is 0 Å². The Labute approximate surface area is 141 Å². The fourth-order valence-electron chi connectivity index (χ4n) is 6.65. The van der Waals surface area contributed by atoms with Crippen LogP contribution in [-0.2, 0) is 4.74 Å². The Balaban J connectivity index is 1.97. The molecule has 1 heterocycles. The molecule has 3 rings (SSSR count). The second-order valence-corrected chi connectivity index (χ2v) is 9.49. The molecule has 0 amide bonds. The molecule has 7 atom stereocenters. The summed E-state index contributed by atoms with van der Waals surface area (Å²) in [6.07, 6.45) is 7.40. The largest absolute Gasteiger partial charge is 0.396 e. The molecule has 132 valence electrons. The van der Waals surface area contributed by atoms with Crippen LogP contribution in [0.2, 0.25) is 0 Å². The third-order valence-corrected chi connectivity index (χ3v) is 7.67. The van der Waals surface area contributed by atoms with Crippen LogP contribution in [0.25, 0.3) is 0 Å². The molecule has 0 spiro atoms.